The summed E-state index contributed by atoms with van der Waals surface area (Å²) in [6, 6.07) is 21.0. The summed E-state index contributed by atoms with van der Waals surface area (Å²) in [6.07, 6.45) is 0.156. The number of carbonyl (C=O) groups excluding carboxylic acids is 2. The SMILES string of the molecule is O=C(Nc1ccccc1-c1nc2ccccc2s1)C1CC(=O)N(c2ccc3c(c2)OCCO3)C1. The summed E-state index contributed by atoms with van der Waals surface area (Å²) in [5.74, 6) is 0.568. The molecule has 4 aromatic rings. The number of hydrogen-bond donors (Lipinski definition) is 1. The maximum Gasteiger partial charge on any atom is 0.229 e. The van der Waals surface area contributed by atoms with Crippen LogP contribution < -0.4 is 19.7 Å². The van der Waals surface area contributed by atoms with Gasteiger partial charge in [0.2, 0.25) is 11.8 Å². The molecule has 8 heteroatoms. The van der Waals surface area contributed by atoms with Crippen LogP contribution in [0.4, 0.5) is 11.4 Å². The van der Waals surface area contributed by atoms with Crippen LogP contribution in [0.25, 0.3) is 20.8 Å². The van der Waals surface area contributed by atoms with Crippen molar-refractivity contribution in [2.45, 2.75) is 6.42 Å². The van der Waals surface area contributed by atoms with Crippen LogP contribution in [0.15, 0.2) is 66.7 Å². The normalized spacial score (nSPS) is 17.2. The van der Waals surface area contributed by atoms with Crippen molar-refractivity contribution < 1.29 is 19.1 Å². The zero-order valence-electron chi connectivity index (χ0n) is 18.2. The van der Waals surface area contributed by atoms with E-state index in [1.54, 1.807) is 28.4 Å². The number of thiazole rings is 1. The van der Waals surface area contributed by atoms with Crippen LogP contribution in [0.3, 0.4) is 0 Å². The van der Waals surface area contributed by atoms with E-state index in [4.69, 9.17) is 14.5 Å². The lowest BCUT2D eigenvalue weighted by atomic mass is 10.1. The van der Waals surface area contributed by atoms with E-state index in [9.17, 15) is 9.59 Å². The van der Waals surface area contributed by atoms with Crippen molar-refractivity contribution in [3.63, 3.8) is 0 Å². The molecule has 1 N–H and O–H groups in total. The number of amides is 2. The average molecular weight is 472 g/mol. The minimum Gasteiger partial charge on any atom is -0.486 e. The third kappa shape index (κ3) is 3.76. The van der Waals surface area contributed by atoms with Crippen molar-refractivity contribution in [3.8, 4) is 22.1 Å². The minimum absolute atomic E-state index is 0.0868. The molecule has 2 amide bonds. The number of ether oxygens (including phenoxy) is 2. The largest absolute Gasteiger partial charge is 0.486 e. The molecular weight excluding hydrogens is 450 g/mol. The van der Waals surface area contributed by atoms with Gasteiger partial charge >= 0.3 is 0 Å². The number of hydrogen-bond acceptors (Lipinski definition) is 6. The highest BCUT2D eigenvalue weighted by Crippen LogP contribution is 2.37. The molecule has 0 bridgehead atoms. The fourth-order valence-electron chi connectivity index (χ4n) is 4.33. The molecule has 170 valence electrons. The molecule has 2 aliphatic rings. The Hall–Kier alpha value is -3.91. The molecule has 34 heavy (non-hydrogen) atoms. The van der Waals surface area contributed by atoms with Gasteiger partial charge in [-0.05, 0) is 36.4 Å². The standard InChI is InChI=1S/C26H21N3O4S/c30-24-13-16(15-29(24)17-9-10-21-22(14-17)33-12-11-32-21)25(31)27-19-6-2-1-5-18(19)26-28-20-7-3-4-8-23(20)34-26/h1-10,14,16H,11-13,15H2,(H,27,31). The smallest absolute Gasteiger partial charge is 0.229 e. The topological polar surface area (TPSA) is 80.8 Å². The molecule has 1 aromatic heterocycles. The van der Waals surface area contributed by atoms with Crippen molar-refractivity contribution in [2.75, 3.05) is 30.0 Å². The van der Waals surface area contributed by atoms with Gasteiger partial charge in [0.05, 0.1) is 21.8 Å². The van der Waals surface area contributed by atoms with Crippen molar-refractivity contribution in [1.29, 1.82) is 0 Å². The number of aromatic nitrogens is 1. The van der Waals surface area contributed by atoms with Crippen molar-refractivity contribution >= 4 is 44.7 Å². The number of para-hydroxylation sites is 2. The fraction of sp³-hybridized carbons (Fsp3) is 0.192. The van der Waals surface area contributed by atoms with E-state index in [0.29, 0.717) is 42.6 Å². The van der Waals surface area contributed by atoms with Gasteiger partial charge in [0, 0.05) is 30.3 Å². The van der Waals surface area contributed by atoms with E-state index in [1.807, 2.05) is 54.6 Å². The van der Waals surface area contributed by atoms with Crippen LogP contribution in [-0.2, 0) is 9.59 Å². The predicted octanol–water partition coefficient (Wildman–Crippen LogP) is 4.73. The van der Waals surface area contributed by atoms with Gasteiger partial charge in [-0.25, -0.2) is 4.98 Å². The highest BCUT2D eigenvalue weighted by molar-refractivity contribution is 7.21. The summed E-state index contributed by atoms with van der Waals surface area (Å²) in [5.41, 5.74) is 3.20. The molecular formula is C26H21N3O4S. The molecule has 1 atom stereocenters. The zero-order chi connectivity index (χ0) is 23.1. The Morgan fingerprint density at radius 2 is 1.79 bits per heavy atom. The molecule has 3 aromatic carbocycles. The van der Waals surface area contributed by atoms with Gasteiger partial charge in [-0.3, -0.25) is 9.59 Å². The summed E-state index contributed by atoms with van der Waals surface area (Å²) in [5, 5.41) is 3.89. The van der Waals surface area contributed by atoms with E-state index in [2.05, 4.69) is 5.32 Å². The molecule has 3 heterocycles. The molecule has 2 aliphatic heterocycles. The zero-order valence-corrected chi connectivity index (χ0v) is 19.0. The van der Waals surface area contributed by atoms with Gasteiger partial charge in [-0.2, -0.15) is 0 Å². The van der Waals surface area contributed by atoms with Crippen LogP contribution in [0.2, 0.25) is 0 Å². The molecule has 6 rings (SSSR count). The van der Waals surface area contributed by atoms with Crippen LogP contribution in [0.5, 0.6) is 11.5 Å². The summed E-state index contributed by atoms with van der Waals surface area (Å²) >= 11 is 1.59. The third-order valence-electron chi connectivity index (χ3n) is 6.04. The Morgan fingerprint density at radius 1 is 1.00 bits per heavy atom. The van der Waals surface area contributed by atoms with Gasteiger partial charge in [-0.1, -0.05) is 24.3 Å². The molecule has 1 unspecified atom stereocenters. The van der Waals surface area contributed by atoms with Gasteiger partial charge in [0.1, 0.15) is 18.2 Å². The first-order chi connectivity index (χ1) is 16.7. The monoisotopic (exact) mass is 471 g/mol. The molecule has 1 fully saturated rings. The quantitative estimate of drug-likeness (QED) is 0.466. The van der Waals surface area contributed by atoms with Gasteiger partial charge < -0.3 is 19.7 Å². The molecule has 1 saturated heterocycles. The lowest BCUT2D eigenvalue weighted by Crippen LogP contribution is -2.28. The van der Waals surface area contributed by atoms with E-state index >= 15 is 0 Å². The second-order valence-electron chi connectivity index (χ2n) is 8.25. The first kappa shape index (κ1) is 20.7. The Bertz CT molecular complexity index is 1380. The molecule has 0 spiro atoms. The number of rotatable bonds is 4. The van der Waals surface area contributed by atoms with Crippen LogP contribution in [0, 0.1) is 5.92 Å². The van der Waals surface area contributed by atoms with Gasteiger partial charge in [-0.15, -0.1) is 11.3 Å². The molecule has 0 aliphatic carbocycles. The third-order valence-corrected chi connectivity index (χ3v) is 7.11. The van der Waals surface area contributed by atoms with E-state index in [-0.39, 0.29) is 18.2 Å². The van der Waals surface area contributed by atoms with Gasteiger partial charge in [0.25, 0.3) is 0 Å². The number of nitrogens with zero attached hydrogens (tertiary/aromatic N) is 2. The fourth-order valence-corrected chi connectivity index (χ4v) is 5.34. The van der Waals surface area contributed by atoms with Crippen LogP contribution in [-0.4, -0.2) is 36.6 Å². The summed E-state index contributed by atoms with van der Waals surface area (Å²) in [6.45, 7) is 1.30. The highest BCUT2D eigenvalue weighted by Gasteiger charge is 2.36. The van der Waals surface area contributed by atoms with Crippen molar-refractivity contribution in [2.24, 2.45) is 5.92 Å². The maximum atomic E-state index is 13.2. The average Bonchev–Trinajstić information content (AvgIpc) is 3.48. The Morgan fingerprint density at radius 3 is 2.68 bits per heavy atom. The number of carbonyl (C=O) groups is 2. The predicted molar refractivity (Wildman–Crippen MR) is 132 cm³/mol. The summed E-state index contributed by atoms with van der Waals surface area (Å²) < 4.78 is 12.3. The molecule has 0 saturated carbocycles. The number of nitrogens with one attached hydrogen (secondary N) is 1. The van der Waals surface area contributed by atoms with Crippen molar-refractivity contribution in [3.05, 3.63) is 66.7 Å². The number of anilines is 2. The lowest BCUT2D eigenvalue weighted by molar-refractivity contribution is -0.122. The molecule has 7 nitrogen and oxygen atoms in total. The van der Waals surface area contributed by atoms with Crippen LogP contribution in [0.1, 0.15) is 6.42 Å². The van der Waals surface area contributed by atoms with Crippen molar-refractivity contribution in [1.82, 2.24) is 4.98 Å². The number of benzene rings is 3. The van der Waals surface area contributed by atoms with Crippen LogP contribution >= 0.6 is 11.3 Å². The Balaban J connectivity index is 1.21. The van der Waals surface area contributed by atoms with E-state index in [1.165, 1.54) is 0 Å². The van der Waals surface area contributed by atoms with E-state index < -0.39 is 5.92 Å². The Labute approximate surface area is 199 Å². The lowest BCUT2D eigenvalue weighted by Gasteiger charge is -2.22. The summed E-state index contributed by atoms with van der Waals surface area (Å²) in [4.78, 5) is 32.3. The van der Waals surface area contributed by atoms with Gasteiger partial charge in [0.15, 0.2) is 11.5 Å². The van der Waals surface area contributed by atoms with E-state index in [0.717, 1.165) is 20.8 Å². The number of fused-ring (bicyclic) bond motifs is 2. The minimum atomic E-state index is -0.455. The summed E-state index contributed by atoms with van der Waals surface area (Å²) in [7, 11) is 0. The molecule has 0 radical (unpaired) electrons. The second-order valence-corrected chi connectivity index (χ2v) is 9.29. The Kier molecular flexibility index (Phi) is 5.15. The second kappa shape index (κ2) is 8.46. The first-order valence-electron chi connectivity index (χ1n) is 11.1. The first-order valence-corrected chi connectivity index (χ1v) is 11.9. The maximum absolute atomic E-state index is 13.2. The highest BCUT2D eigenvalue weighted by atomic mass is 32.1.